The van der Waals surface area contributed by atoms with E-state index >= 15 is 0 Å². The van der Waals surface area contributed by atoms with E-state index in [-0.39, 0.29) is 39.7 Å². The number of carboxylic acid groups (broad SMARTS) is 2. The number of amides is 2. The second-order valence-electron chi connectivity index (χ2n) is 8.34. The first kappa shape index (κ1) is 29.2. The Kier molecular flexibility index (Phi) is 8.86. The zero-order valence-electron chi connectivity index (χ0n) is 20.8. The molecule has 0 radical (unpaired) electrons. The van der Waals surface area contributed by atoms with Crippen molar-refractivity contribution in [3.8, 4) is 0 Å². The molecule has 214 valence electrons. The van der Waals surface area contributed by atoms with Gasteiger partial charge in [-0.25, -0.2) is 19.6 Å². The lowest BCUT2D eigenvalue weighted by atomic mass is 10.0. The fraction of sp³-hybridized carbons (Fsp3) is 0.381. The fourth-order valence-electron chi connectivity index (χ4n) is 3.97. The highest BCUT2D eigenvalue weighted by Crippen LogP contribution is 2.41. The summed E-state index contributed by atoms with van der Waals surface area (Å²) >= 11 is 3.56. The summed E-state index contributed by atoms with van der Waals surface area (Å²) in [5.74, 6) is -3.32. The van der Waals surface area contributed by atoms with E-state index in [1.165, 1.54) is 28.9 Å². The molecule has 19 heteroatoms. The van der Waals surface area contributed by atoms with Crippen LogP contribution in [-0.2, 0) is 24.0 Å². The zero-order chi connectivity index (χ0) is 29.1. The van der Waals surface area contributed by atoms with Gasteiger partial charge in [-0.3, -0.25) is 14.5 Å². The van der Waals surface area contributed by atoms with Crippen LogP contribution in [0.3, 0.4) is 0 Å². The largest absolute Gasteiger partial charge is 0.479 e. The molecule has 3 aliphatic rings. The number of oxime groups is 1. The Labute approximate surface area is 239 Å². The van der Waals surface area contributed by atoms with Crippen LogP contribution >= 0.6 is 34.9 Å². The van der Waals surface area contributed by atoms with Crippen LogP contribution in [0.25, 0.3) is 0 Å². The lowest BCUT2D eigenvalue weighted by molar-refractivity contribution is -0.150. The summed E-state index contributed by atoms with van der Waals surface area (Å²) in [4.78, 5) is 64.8. The molecule has 1 fully saturated rings. The van der Waals surface area contributed by atoms with E-state index in [9.17, 15) is 24.3 Å². The van der Waals surface area contributed by atoms with Crippen LogP contribution in [0.4, 0.5) is 5.13 Å². The predicted molar refractivity (Wildman–Crippen MR) is 149 cm³/mol. The van der Waals surface area contributed by atoms with E-state index < -0.39 is 47.9 Å². The number of aliphatic carboxylic acids is 2. The normalized spacial score (nSPS) is 22.7. The van der Waals surface area contributed by atoms with Gasteiger partial charge in [-0.2, -0.15) is 0 Å². The van der Waals surface area contributed by atoms with Crippen molar-refractivity contribution in [1.82, 2.24) is 20.1 Å². The molecule has 2 amide bonds. The molecule has 16 nitrogen and oxygen atoms in total. The van der Waals surface area contributed by atoms with Crippen LogP contribution in [0.2, 0.25) is 0 Å². The quantitative estimate of drug-likeness (QED) is 0.0974. The Morgan fingerprint density at radius 3 is 2.67 bits per heavy atom. The Hall–Kier alpha value is -3.81. The monoisotopic (exact) mass is 611 g/mol. The summed E-state index contributed by atoms with van der Waals surface area (Å²) in [5, 5.41) is 26.2. The number of carbonyl (C=O) groups excluding carboxylic acids is 2. The van der Waals surface area contributed by atoms with Gasteiger partial charge in [0.15, 0.2) is 16.8 Å². The van der Waals surface area contributed by atoms with Gasteiger partial charge in [0.1, 0.15) is 29.0 Å². The minimum atomic E-state index is -1.31. The molecule has 1 aromatic rings. The molecule has 1 aromatic heterocycles. The summed E-state index contributed by atoms with van der Waals surface area (Å²) in [6.45, 7) is 1.66. The smallest absolute Gasteiger partial charge is 0.352 e. The predicted octanol–water partition coefficient (Wildman–Crippen LogP) is -1.22. The van der Waals surface area contributed by atoms with Gasteiger partial charge < -0.3 is 42.5 Å². The second-order valence-corrected chi connectivity index (χ2v) is 11.3. The first-order valence-corrected chi connectivity index (χ1v) is 14.5. The second kappa shape index (κ2) is 12.1. The van der Waals surface area contributed by atoms with Crippen LogP contribution in [0.5, 0.6) is 0 Å². The highest BCUT2D eigenvalue weighted by atomic mass is 32.2. The van der Waals surface area contributed by atoms with E-state index in [4.69, 9.17) is 27.1 Å². The van der Waals surface area contributed by atoms with E-state index in [1.54, 1.807) is 11.0 Å². The topological polar surface area (TPSA) is 252 Å². The van der Waals surface area contributed by atoms with Gasteiger partial charge in [0.2, 0.25) is 6.61 Å². The third kappa shape index (κ3) is 6.01. The molecular weight excluding hydrogens is 586 g/mol. The molecule has 0 spiro atoms. The van der Waals surface area contributed by atoms with Gasteiger partial charge in [0, 0.05) is 23.4 Å². The Bertz CT molecular complexity index is 1360. The van der Waals surface area contributed by atoms with Gasteiger partial charge in [0.05, 0.1) is 5.03 Å². The number of hydrogen-bond donors (Lipinski definition) is 6. The fourth-order valence-corrected chi connectivity index (χ4v) is 6.95. The summed E-state index contributed by atoms with van der Waals surface area (Å²) in [6.07, 6.45) is 1.26. The lowest BCUT2D eigenvalue weighted by Crippen LogP contribution is -2.71. The van der Waals surface area contributed by atoms with Gasteiger partial charge >= 0.3 is 11.9 Å². The Morgan fingerprint density at radius 2 is 2.08 bits per heavy atom. The number of thioether (sulfide) groups is 2. The highest BCUT2D eigenvalue weighted by molar-refractivity contribution is 8.03. The molecule has 0 aliphatic carbocycles. The van der Waals surface area contributed by atoms with E-state index in [0.29, 0.717) is 17.1 Å². The number of carbonyl (C=O) groups is 4. The van der Waals surface area contributed by atoms with Crippen LogP contribution < -0.4 is 22.5 Å². The van der Waals surface area contributed by atoms with Crippen molar-refractivity contribution < 1.29 is 34.2 Å². The summed E-state index contributed by atoms with van der Waals surface area (Å²) < 4.78 is 0. The van der Waals surface area contributed by atoms with E-state index in [0.717, 1.165) is 16.2 Å². The standard InChI is InChI=1S/C21H25N9O7S3/c1-2-29-10(22)3-11(26-20(29)23)38-5-8-6-39-18-14(17(34)30(18)15(8)19(35)36)27-16(33)13(28-37-4-12(31)32)9-7-40-21(24)25-9/h3,7,10,14,18H,2,4-6,22H2,1H3,(H2,23,26)(H2,24,25)(H,27,33)(H,31,32)(H,35,36)/b28-13-/t10?,14-,18-/m1/s1. The van der Waals surface area contributed by atoms with Crippen LogP contribution in [0.15, 0.2) is 37.9 Å². The number of nitrogen functional groups attached to an aromatic ring is 1. The molecule has 4 heterocycles. The van der Waals surface area contributed by atoms with Gasteiger partial charge in [-0.15, -0.1) is 34.9 Å². The maximum atomic E-state index is 13.1. The van der Waals surface area contributed by atoms with Crippen molar-refractivity contribution in [2.75, 3.05) is 30.4 Å². The van der Waals surface area contributed by atoms with Gasteiger partial charge in [-0.1, -0.05) is 5.16 Å². The number of nitrogens with zero attached hydrogens (tertiary/aromatic N) is 5. The number of nitrogens with one attached hydrogen (secondary N) is 1. The molecule has 3 aliphatic heterocycles. The van der Waals surface area contributed by atoms with E-state index in [2.05, 4.69) is 20.4 Å². The van der Waals surface area contributed by atoms with Crippen molar-refractivity contribution in [3.05, 3.63) is 33.4 Å². The SMILES string of the molecule is CCN1C(N)=NC(SCC2=C(C(=O)O)N3C(=O)[C@@H](NC(=O)/C(=N\OCC(=O)O)c4csc(N)n4)[C@H]3SC2)=CC1N. The number of aromatic nitrogens is 1. The molecule has 0 saturated carbocycles. The molecule has 40 heavy (non-hydrogen) atoms. The minimum absolute atomic E-state index is 0.0258. The van der Waals surface area contributed by atoms with E-state index in [1.807, 2.05) is 6.92 Å². The number of anilines is 1. The average molecular weight is 612 g/mol. The molecule has 1 saturated heterocycles. The first-order chi connectivity index (χ1) is 19.0. The van der Waals surface area contributed by atoms with Crippen LogP contribution in [0.1, 0.15) is 12.6 Å². The number of fused-ring (bicyclic) bond motifs is 1. The molecular formula is C21H25N9O7S3. The number of thiazole rings is 1. The molecule has 0 aromatic carbocycles. The third-order valence-electron chi connectivity index (χ3n) is 5.79. The van der Waals surface area contributed by atoms with Gasteiger partial charge in [0.25, 0.3) is 11.8 Å². The number of rotatable bonds is 11. The highest BCUT2D eigenvalue weighted by Gasteiger charge is 2.54. The van der Waals surface area contributed by atoms with Crippen molar-refractivity contribution in [1.29, 1.82) is 0 Å². The van der Waals surface area contributed by atoms with Crippen molar-refractivity contribution in [2.45, 2.75) is 24.5 Å². The minimum Gasteiger partial charge on any atom is -0.479 e. The summed E-state index contributed by atoms with van der Waals surface area (Å²) in [5.41, 5.74) is 17.7. The number of hydrogen-bond acceptors (Lipinski definition) is 15. The number of likely N-dealkylation sites (N-methyl/N-ethyl adjacent to an activating group) is 1. The molecule has 4 rings (SSSR count). The Morgan fingerprint density at radius 1 is 1.32 bits per heavy atom. The number of aliphatic imine (C=N–C) groups is 1. The lowest BCUT2D eigenvalue weighted by Gasteiger charge is -2.49. The Balaban J connectivity index is 1.47. The summed E-state index contributed by atoms with van der Waals surface area (Å²) in [6, 6.07) is -1.06. The number of nitrogens with two attached hydrogens (primary N) is 3. The van der Waals surface area contributed by atoms with Gasteiger partial charge in [-0.05, 0) is 18.6 Å². The van der Waals surface area contributed by atoms with Crippen LogP contribution in [-0.4, -0.2) is 103 Å². The molecule has 9 N–H and O–H groups in total. The maximum absolute atomic E-state index is 13.1. The van der Waals surface area contributed by atoms with Crippen molar-refractivity contribution in [3.63, 3.8) is 0 Å². The maximum Gasteiger partial charge on any atom is 0.352 e. The van der Waals surface area contributed by atoms with Crippen LogP contribution in [0, 0.1) is 0 Å². The number of carboxylic acids is 2. The number of β-lactam (4-membered cyclic amide) rings is 1. The number of guanidine groups is 1. The van der Waals surface area contributed by atoms with Crippen molar-refractivity contribution in [2.24, 2.45) is 21.6 Å². The molecule has 1 unspecified atom stereocenters. The zero-order valence-corrected chi connectivity index (χ0v) is 23.3. The summed E-state index contributed by atoms with van der Waals surface area (Å²) in [7, 11) is 0. The first-order valence-electron chi connectivity index (χ1n) is 11.6. The molecule has 3 atom stereocenters. The average Bonchev–Trinajstić information content (AvgIpc) is 3.32. The van der Waals surface area contributed by atoms with Crippen molar-refractivity contribution >= 4 is 75.4 Å². The molecule has 0 bridgehead atoms. The third-order valence-corrected chi connectivity index (χ3v) is 8.82.